The predicted molar refractivity (Wildman–Crippen MR) is 122 cm³/mol. The Hall–Kier alpha value is -3.81. The first-order valence-electron chi connectivity index (χ1n) is 10.8. The van der Waals surface area contributed by atoms with Crippen LogP contribution in [0, 0.1) is 0 Å². The molecule has 2 aromatic carbocycles. The van der Waals surface area contributed by atoms with Gasteiger partial charge in [-0.1, -0.05) is 69.3 Å². The average molecular weight is 431 g/mol. The van der Waals surface area contributed by atoms with Crippen LogP contribution >= 0.6 is 0 Å². The van der Waals surface area contributed by atoms with Crippen molar-refractivity contribution in [3.05, 3.63) is 76.5 Å². The summed E-state index contributed by atoms with van der Waals surface area (Å²) in [4.78, 5) is 25.2. The lowest BCUT2D eigenvalue weighted by molar-refractivity contribution is 0.0904. The molecule has 0 radical (unpaired) electrons. The molecule has 2 aromatic heterocycles. The molecule has 4 aromatic rings. The molecular weight excluding hydrogens is 404 g/mol. The predicted octanol–water partition coefficient (Wildman–Crippen LogP) is 4.11. The summed E-state index contributed by atoms with van der Waals surface area (Å²) in [5, 5.41) is 14.2. The molecule has 8 nitrogen and oxygen atoms in total. The maximum atomic E-state index is 13.0. The Kier molecular flexibility index (Phi) is 6.11. The second-order valence-electron chi connectivity index (χ2n) is 7.84. The minimum absolute atomic E-state index is 0.176. The highest BCUT2D eigenvalue weighted by Crippen LogP contribution is 2.30. The Morgan fingerprint density at radius 3 is 2.41 bits per heavy atom. The normalized spacial score (nSPS) is 12.1. The van der Waals surface area contributed by atoms with Crippen molar-refractivity contribution in [2.24, 2.45) is 0 Å². The van der Waals surface area contributed by atoms with Crippen LogP contribution in [0.3, 0.4) is 0 Å². The fraction of sp³-hybridized carbons (Fsp3) is 0.292. The maximum Gasteiger partial charge on any atom is 0.335 e. The molecule has 32 heavy (non-hydrogen) atoms. The first-order chi connectivity index (χ1) is 15.5. The van der Waals surface area contributed by atoms with Crippen molar-refractivity contribution in [1.82, 2.24) is 29.8 Å². The zero-order valence-corrected chi connectivity index (χ0v) is 18.4. The molecular formula is C24H26N6O2. The topological polar surface area (TPSA) is 98.5 Å². The molecule has 1 unspecified atom stereocenters. The van der Waals surface area contributed by atoms with E-state index in [4.69, 9.17) is 0 Å². The van der Waals surface area contributed by atoms with Gasteiger partial charge in [-0.05, 0) is 39.5 Å². The van der Waals surface area contributed by atoms with Gasteiger partial charge in [0.2, 0.25) is 5.91 Å². The third-order valence-electron chi connectivity index (χ3n) is 5.83. The fourth-order valence-electron chi connectivity index (χ4n) is 3.79. The van der Waals surface area contributed by atoms with Gasteiger partial charge in [-0.15, -0.1) is 5.10 Å². The quantitative estimate of drug-likeness (QED) is 0.476. The van der Waals surface area contributed by atoms with E-state index < -0.39 is 0 Å². The number of carbonyl (C=O) groups excluding carboxylic acids is 1. The summed E-state index contributed by atoms with van der Waals surface area (Å²) in [5.74, 6) is 0.596. The molecule has 0 saturated heterocycles. The molecule has 0 spiro atoms. The summed E-state index contributed by atoms with van der Waals surface area (Å²) < 4.78 is 2.96. The number of tetrazole rings is 1. The third kappa shape index (κ3) is 4.03. The highest BCUT2D eigenvalue weighted by Gasteiger charge is 2.19. The number of aromatic nitrogens is 6. The molecule has 164 valence electrons. The summed E-state index contributed by atoms with van der Waals surface area (Å²) in [7, 11) is 0. The minimum atomic E-state index is -0.278. The van der Waals surface area contributed by atoms with Crippen molar-refractivity contribution >= 4 is 5.91 Å². The van der Waals surface area contributed by atoms with Crippen LogP contribution in [0.2, 0.25) is 0 Å². The van der Waals surface area contributed by atoms with Gasteiger partial charge in [-0.3, -0.25) is 9.36 Å². The van der Waals surface area contributed by atoms with Crippen molar-refractivity contribution in [2.75, 3.05) is 0 Å². The van der Waals surface area contributed by atoms with E-state index in [1.807, 2.05) is 48.5 Å². The Balaban J connectivity index is 1.67. The van der Waals surface area contributed by atoms with Gasteiger partial charge >= 0.3 is 5.69 Å². The molecule has 4 rings (SSSR count). The van der Waals surface area contributed by atoms with Gasteiger partial charge in [-0.25, -0.2) is 14.5 Å². The first kappa shape index (κ1) is 21.4. The van der Waals surface area contributed by atoms with Crippen molar-refractivity contribution in [3.63, 3.8) is 0 Å². The van der Waals surface area contributed by atoms with Gasteiger partial charge in [0, 0.05) is 23.9 Å². The fourth-order valence-corrected chi connectivity index (χ4v) is 3.79. The molecule has 0 saturated carbocycles. The van der Waals surface area contributed by atoms with Crippen LogP contribution < -0.4 is 5.69 Å². The second kappa shape index (κ2) is 9.13. The number of nitrogens with one attached hydrogen (secondary N) is 1. The zero-order valence-electron chi connectivity index (χ0n) is 18.4. The van der Waals surface area contributed by atoms with Gasteiger partial charge in [0.25, 0.3) is 0 Å². The van der Waals surface area contributed by atoms with Gasteiger partial charge in [0.1, 0.15) is 0 Å². The minimum Gasteiger partial charge on any atom is -0.291 e. The molecule has 0 amide bonds. The van der Waals surface area contributed by atoms with Crippen LogP contribution in [-0.4, -0.2) is 35.7 Å². The summed E-state index contributed by atoms with van der Waals surface area (Å²) >= 11 is 0. The molecule has 0 aliphatic rings. The standard InChI is InChI=1S/C24H26N6O2/c1-4-16(3)21-15-30(22(31)5-2)24(32)29(21)14-17-10-12-18(13-11-17)19-8-6-7-9-20(19)23-25-27-28-26-23/h6-13,15-16H,4-5,14H2,1-3H3,(H,25,26,27,28). The van der Waals surface area contributed by atoms with E-state index in [1.165, 1.54) is 4.57 Å². The van der Waals surface area contributed by atoms with Crippen LogP contribution in [0.15, 0.2) is 59.5 Å². The lowest BCUT2D eigenvalue weighted by atomic mass is 9.98. The van der Waals surface area contributed by atoms with Gasteiger partial charge < -0.3 is 0 Å². The molecule has 1 N–H and O–H groups in total. The smallest absolute Gasteiger partial charge is 0.291 e. The van der Waals surface area contributed by atoms with E-state index in [9.17, 15) is 9.59 Å². The second-order valence-corrected chi connectivity index (χ2v) is 7.84. The van der Waals surface area contributed by atoms with Crippen LogP contribution in [0.1, 0.15) is 55.6 Å². The summed E-state index contributed by atoms with van der Waals surface area (Å²) in [6.45, 7) is 6.33. The van der Waals surface area contributed by atoms with E-state index in [2.05, 4.69) is 34.5 Å². The Bertz CT molecular complexity index is 1270. The Labute approximate surface area is 185 Å². The molecule has 2 heterocycles. The molecule has 0 aliphatic heterocycles. The molecule has 0 aliphatic carbocycles. The molecule has 0 fully saturated rings. The van der Waals surface area contributed by atoms with E-state index in [0.29, 0.717) is 18.8 Å². The van der Waals surface area contributed by atoms with Crippen molar-refractivity contribution in [1.29, 1.82) is 0 Å². The van der Waals surface area contributed by atoms with Crippen molar-refractivity contribution in [2.45, 2.75) is 46.1 Å². The number of hydrogen-bond acceptors (Lipinski definition) is 5. The summed E-state index contributed by atoms with van der Waals surface area (Å²) in [5.41, 5.74) is 4.53. The van der Waals surface area contributed by atoms with E-state index in [1.54, 1.807) is 17.7 Å². The monoisotopic (exact) mass is 430 g/mol. The van der Waals surface area contributed by atoms with Crippen LogP contribution in [0.5, 0.6) is 0 Å². The van der Waals surface area contributed by atoms with Crippen molar-refractivity contribution < 1.29 is 4.79 Å². The van der Waals surface area contributed by atoms with E-state index in [-0.39, 0.29) is 17.5 Å². The number of hydrogen-bond donors (Lipinski definition) is 1. The average Bonchev–Trinajstić information content (AvgIpc) is 3.48. The Morgan fingerprint density at radius 1 is 1.06 bits per heavy atom. The largest absolute Gasteiger partial charge is 0.335 e. The van der Waals surface area contributed by atoms with Crippen LogP contribution in [-0.2, 0) is 6.54 Å². The Morgan fingerprint density at radius 2 is 1.78 bits per heavy atom. The lowest BCUT2D eigenvalue weighted by Crippen LogP contribution is -2.29. The van der Waals surface area contributed by atoms with Gasteiger partial charge in [-0.2, -0.15) is 0 Å². The number of imidazole rings is 1. The lowest BCUT2D eigenvalue weighted by Gasteiger charge is -2.13. The van der Waals surface area contributed by atoms with E-state index >= 15 is 0 Å². The molecule has 0 bridgehead atoms. The maximum absolute atomic E-state index is 13.0. The van der Waals surface area contributed by atoms with Gasteiger partial charge in [0.15, 0.2) is 5.82 Å². The SMILES string of the molecule is CCC(=O)n1cc(C(C)CC)n(Cc2ccc(-c3ccccc3-c3nnn[nH]3)cc2)c1=O. The number of rotatable bonds is 7. The van der Waals surface area contributed by atoms with E-state index in [0.717, 1.165) is 34.4 Å². The van der Waals surface area contributed by atoms with Crippen LogP contribution in [0.25, 0.3) is 22.5 Å². The first-order valence-corrected chi connectivity index (χ1v) is 10.8. The number of benzene rings is 2. The zero-order chi connectivity index (χ0) is 22.7. The third-order valence-corrected chi connectivity index (χ3v) is 5.83. The number of carbonyl (C=O) groups is 1. The number of H-pyrrole nitrogens is 1. The van der Waals surface area contributed by atoms with Gasteiger partial charge in [0.05, 0.1) is 6.54 Å². The molecule has 1 atom stereocenters. The molecule has 8 heteroatoms. The van der Waals surface area contributed by atoms with Crippen molar-refractivity contribution in [3.8, 4) is 22.5 Å². The van der Waals surface area contributed by atoms with Crippen LogP contribution in [0.4, 0.5) is 0 Å². The summed E-state index contributed by atoms with van der Waals surface area (Å²) in [6.07, 6.45) is 2.88. The number of nitrogens with zero attached hydrogens (tertiary/aromatic N) is 5. The number of aromatic amines is 1. The highest BCUT2D eigenvalue weighted by atomic mass is 16.2. The summed E-state index contributed by atoms with van der Waals surface area (Å²) in [6, 6.07) is 16.0. The highest BCUT2D eigenvalue weighted by molar-refractivity contribution is 5.80.